The van der Waals surface area contributed by atoms with Crippen LogP contribution in [0.4, 0.5) is 5.69 Å². The van der Waals surface area contributed by atoms with Crippen LogP contribution in [0.1, 0.15) is 23.1 Å². The second-order valence-corrected chi connectivity index (χ2v) is 5.58. The zero-order valence-electron chi connectivity index (χ0n) is 13.9. The van der Waals surface area contributed by atoms with Crippen LogP contribution in [0.15, 0.2) is 24.3 Å². The molecule has 0 radical (unpaired) electrons. The number of methoxy groups -OCH3 is 3. The summed E-state index contributed by atoms with van der Waals surface area (Å²) in [5.41, 5.74) is 1.17. The van der Waals surface area contributed by atoms with E-state index in [0.29, 0.717) is 11.1 Å². The first-order valence-corrected chi connectivity index (χ1v) is 8.24. The van der Waals surface area contributed by atoms with E-state index < -0.39 is 17.4 Å². The zero-order valence-corrected chi connectivity index (χ0v) is 14.7. The van der Waals surface area contributed by atoms with Gasteiger partial charge in [-0.25, -0.2) is 4.21 Å². The van der Waals surface area contributed by atoms with E-state index in [1.54, 1.807) is 18.2 Å². The molecule has 0 bridgehead atoms. The number of aliphatic hydroxyl groups is 1. The molecule has 0 spiro atoms. The predicted molar refractivity (Wildman–Crippen MR) is 90.7 cm³/mol. The SMILES string of the molecule is COCc1cccc(C(O)c2nc(OC)cc(OC)n2)c1NS(=O)O. The molecule has 0 aliphatic rings. The summed E-state index contributed by atoms with van der Waals surface area (Å²) in [6, 6.07) is 6.46. The van der Waals surface area contributed by atoms with E-state index in [-0.39, 0.29) is 29.9 Å². The minimum Gasteiger partial charge on any atom is -0.481 e. The monoisotopic (exact) mass is 369 g/mol. The lowest BCUT2D eigenvalue weighted by atomic mass is 10.0. The van der Waals surface area contributed by atoms with Gasteiger partial charge in [0.05, 0.1) is 32.6 Å². The number of hydrogen-bond acceptors (Lipinski definition) is 7. The molecule has 0 saturated heterocycles. The van der Waals surface area contributed by atoms with Crippen molar-refractivity contribution in [2.75, 3.05) is 26.1 Å². The molecule has 2 atom stereocenters. The maximum atomic E-state index is 11.2. The van der Waals surface area contributed by atoms with Crippen molar-refractivity contribution in [3.05, 3.63) is 41.2 Å². The summed E-state index contributed by atoms with van der Waals surface area (Å²) in [6.07, 6.45) is -1.29. The number of nitrogens with zero attached hydrogens (tertiary/aromatic N) is 2. The Kier molecular flexibility index (Phi) is 6.65. The maximum absolute atomic E-state index is 11.2. The van der Waals surface area contributed by atoms with Crippen molar-refractivity contribution in [3.63, 3.8) is 0 Å². The second-order valence-electron chi connectivity index (χ2n) is 4.88. The van der Waals surface area contributed by atoms with Crippen molar-refractivity contribution >= 4 is 17.0 Å². The van der Waals surface area contributed by atoms with Gasteiger partial charge in [-0.15, -0.1) is 0 Å². The summed E-state index contributed by atoms with van der Waals surface area (Å²) in [5, 5.41) is 10.7. The zero-order chi connectivity index (χ0) is 18.4. The second kappa shape index (κ2) is 8.72. The summed E-state index contributed by atoms with van der Waals surface area (Å²) in [6.45, 7) is 0.183. The van der Waals surface area contributed by atoms with Gasteiger partial charge in [-0.1, -0.05) is 18.2 Å². The van der Waals surface area contributed by atoms with Crippen molar-refractivity contribution in [1.82, 2.24) is 9.97 Å². The molecule has 3 N–H and O–H groups in total. The number of rotatable bonds is 8. The summed E-state index contributed by atoms with van der Waals surface area (Å²) in [7, 11) is 4.36. The third kappa shape index (κ3) is 4.63. The minimum absolute atomic E-state index is 0.0255. The third-order valence-electron chi connectivity index (χ3n) is 3.33. The largest absolute Gasteiger partial charge is 0.481 e. The Balaban J connectivity index is 2.53. The fraction of sp³-hybridized carbons (Fsp3) is 0.333. The van der Waals surface area contributed by atoms with Crippen LogP contribution in [0.25, 0.3) is 0 Å². The van der Waals surface area contributed by atoms with Crippen molar-refractivity contribution in [3.8, 4) is 11.8 Å². The lowest BCUT2D eigenvalue weighted by Crippen LogP contribution is -2.13. The highest BCUT2D eigenvalue weighted by atomic mass is 32.2. The van der Waals surface area contributed by atoms with Crippen LogP contribution in [0.3, 0.4) is 0 Å². The van der Waals surface area contributed by atoms with Gasteiger partial charge in [-0.3, -0.25) is 9.27 Å². The molecule has 1 heterocycles. The fourth-order valence-corrected chi connectivity index (χ4v) is 2.65. The Morgan fingerprint density at radius 2 is 1.84 bits per heavy atom. The molecule has 25 heavy (non-hydrogen) atoms. The average Bonchev–Trinajstić information content (AvgIpc) is 2.61. The van der Waals surface area contributed by atoms with Gasteiger partial charge in [0.1, 0.15) is 6.10 Å². The molecule has 0 aliphatic carbocycles. The molecule has 2 unspecified atom stereocenters. The van der Waals surface area contributed by atoms with Gasteiger partial charge in [0.2, 0.25) is 11.8 Å². The standard InChI is InChI=1S/C15H19N3O6S/c1-22-8-9-5-4-6-10(13(9)18-25(20)21)14(19)15-16-11(23-2)7-12(17-15)24-3/h4-7,14,18-19H,8H2,1-3H3,(H,20,21). The number of para-hydroxylation sites is 1. The van der Waals surface area contributed by atoms with E-state index in [2.05, 4.69) is 14.7 Å². The molecular weight excluding hydrogens is 350 g/mol. The van der Waals surface area contributed by atoms with Crippen LogP contribution >= 0.6 is 0 Å². The number of hydrogen-bond donors (Lipinski definition) is 3. The van der Waals surface area contributed by atoms with E-state index in [1.165, 1.54) is 27.4 Å². The van der Waals surface area contributed by atoms with Crippen molar-refractivity contribution in [2.24, 2.45) is 0 Å². The molecule has 0 saturated carbocycles. The quantitative estimate of drug-likeness (QED) is 0.595. The van der Waals surface area contributed by atoms with Gasteiger partial charge >= 0.3 is 0 Å². The number of ether oxygens (including phenoxy) is 3. The van der Waals surface area contributed by atoms with E-state index in [0.717, 1.165) is 0 Å². The first-order valence-electron chi connectivity index (χ1n) is 7.13. The molecule has 0 fully saturated rings. The Morgan fingerprint density at radius 1 is 1.20 bits per heavy atom. The lowest BCUT2D eigenvalue weighted by Gasteiger charge is -2.18. The summed E-state index contributed by atoms with van der Waals surface area (Å²) >= 11 is -2.33. The Hall–Kier alpha value is -2.27. The van der Waals surface area contributed by atoms with Gasteiger partial charge in [0.15, 0.2) is 5.82 Å². The highest BCUT2D eigenvalue weighted by Crippen LogP contribution is 2.32. The highest BCUT2D eigenvalue weighted by Gasteiger charge is 2.22. The molecule has 0 aliphatic heterocycles. The number of benzene rings is 1. The van der Waals surface area contributed by atoms with E-state index in [9.17, 15) is 13.9 Å². The first kappa shape index (κ1) is 19.1. The van der Waals surface area contributed by atoms with Crippen molar-refractivity contribution in [1.29, 1.82) is 0 Å². The van der Waals surface area contributed by atoms with Crippen LogP contribution in [0, 0.1) is 0 Å². The number of nitrogens with one attached hydrogen (secondary N) is 1. The Morgan fingerprint density at radius 3 is 2.36 bits per heavy atom. The van der Waals surface area contributed by atoms with Crippen LogP contribution < -0.4 is 14.2 Å². The molecule has 9 nitrogen and oxygen atoms in total. The molecule has 0 amide bonds. The summed E-state index contributed by atoms with van der Waals surface area (Å²) in [5.74, 6) is 0.459. The first-order chi connectivity index (χ1) is 12.0. The Labute approximate surface area is 147 Å². The molecule has 1 aromatic carbocycles. The smallest absolute Gasteiger partial charge is 0.259 e. The highest BCUT2D eigenvalue weighted by molar-refractivity contribution is 7.80. The molecule has 2 aromatic rings. The normalized spacial score (nSPS) is 13.2. The van der Waals surface area contributed by atoms with Gasteiger partial charge in [-0.2, -0.15) is 9.97 Å². The maximum Gasteiger partial charge on any atom is 0.259 e. The van der Waals surface area contributed by atoms with Gasteiger partial charge in [-0.05, 0) is 0 Å². The average molecular weight is 369 g/mol. The van der Waals surface area contributed by atoms with Crippen LogP contribution in [0.5, 0.6) is 11.8 Å². The third-order valence-corrected chi connectivity index (χ3v) is 3.70. The van der Waals surface area contributed by atoms with Gasteiger partial charge in [0.25, 0.3) is 11.3 Å². The number of aliphatic hydroxyl groups excluding tert-OH is 1. The summed E-state index contributed by atoms with van der Waals surface area (Å²) < 4.78 is 38.1. The molecule has 1 aromatic heterocycles. The van der Waals surface area contributed by atoms with Crippen LogP contribution in [-0.4, -0.2) is 45.2 Å². The van der Waals surface area contributed by atoms with E-state index >= 15 is 0 Å². The van der Waals surface area contributed by atoms with Crippen molar-refractivity contribution < 1.29 is 28.1 Å². The molecular formula is C15H19N3O6S. The molecule has 136 valence electrons. The fourth-order valence-electron chi connectivity index (χ4n) is 2.23. The molecule has 10 heteroatoms. The topological polar surface area (TPSA) is 123 Å². The van der Waals surface area contributed by atoms with Crippen LogP contribution in [-0.2, 0) is 22.6 Å². The number of aromatic nitrogens is 2. The Bertz CT molecular complexity index is 736. The van der Waals surface area contributed by atoms with Gasteiger partial charge < -0.3 is 19.3 Å². The minimum atomic E-state index is -2.33. The van der Waals surface area contributed by atoms with E-state index in [1.807, 2.05) is 0 Å². The van der Waals surface area contributed by atoms with Crippen molar-refractivity contribution in [2.45, 2.75) is 12.7 Å². The lowest BCUT2D eigenvalue weighted by molar-refractivity contribution is 0.184. The van der Waals surface area contributed by atoms with E-state index in [4.69, 9.17) is 14.2 Å². The van der Waals surface area contributed by atoms with Gasteiger partial charge in [0, 0.05) is 18.2 Å². The summed E-state index contributed by atoms with van der Waals surface area (Å²) in [4.78, 5) is 8.22. The molecule has 2 rings (SSSR count). The predicted octanol–water partition coefficient (Wildman–Crippen LogP) is 1.27. The number of anilines is 1. The van der Waals surface area contributed by atoms with Crippen LogP contribution in [0.2, 0.25) is 0 Å².